The van der Waals surface area contributed by atoms with Crippen molar-refractivity contribution in [1.29, 1.82) is 0 Å². The van der Waals surface area contributed by atoms with Crippen LogP contribution in [0.3, 0.4) is 0 Å². The third-order valence-corrected chi connectivity index (χ3v) is 4.76. The highest BCUT2D eigenvalue weighted by molar-refractivity contribution is 5.92. The molecule has 4 rings (SSSR count). The summed E-state index contributed by atoms with van der Waals surface area (Å²) in [7, 11) is 1.93. The molecular formula is C21H20N4O. The zero-order valence-corrected chi connectivity index (χ0v) is 14.7. The fraction of sp³-hybridized carbons (Fsp3) is 0.190. The normalized spacial score (nSPS) is 13.2. The summed E-state index contributed by atoms with van der Waals surface area (Å²) in [4.78, 5) is 25.3. The summed E-state index contributed by atoms with van der Waals surface area (Å²) < 4.78 is 0. The number of rotatable bonds is 3. The molecular weight excluding hydrogens is 324 g/mol. The highest BCUT2D eigenvalue weighted by Crippen LogP contribution is 2.22. The van der Waals surface area contributed by atoms with Crippen LogP contribution in [0.1, 0.15) is 21.6 Å². The van der Waals surface area contributed by atoms with Crippen molar-refractivity contribution in [3.8, 4) is 0 Å². The first-order chi connectivity index (χ1) is 12.7. The van der Waals surface area contributed by atoms with E-state index in [2.05, 4.69) is 22.1 Å². The van der Waals surface area contributed by atoms with Gasteiger partial charge in [-0.2, -0.15) is 0 Å². The minimum Gasteiger partial charge on any atom is -0.333 e. The molecule has 0 unspecified atom stereocenters. The molecule has 0 saturated heterocycles. The van der Waals surface area contributed by atoms with Crippen molar-refractivity contribution < 1.29 is 4.79 Å². The Labute approximate surface area is 152 Å². The van der Waals surface area contributed by atoms with E-state index in [4.69, 9.17) is 0 Å². The van der Waals surface area contributed by atoms with Gasteiger partial charge in [-0.15, -0.1) is 0 Å². The van der Waals surface area contributed by atoms with Crippen LogP contribution in [0.15, 0.2) is 67.0 Å². The van der Waals surface area contributed by atoms with E-state index < -0.39 is 0 Å². The lowest BCUT2D eigenvalue weighted by molar-refractivity contribution is 0.0728. The summed E-state index contributed by atoms with van der Waals surface area (Å²) in [6.07, 6.45) is 4.10. The van der Waals surface area contributed by atoms with E-state index in [1.807, 2.05) is 59.3 Å². The molecule has 1 aliphatic rings. The van der Waals surface area contributed by atoms with Crippen molar-refractivity contribution in [2.75, 3.05) is 18.5 Å². The van der Waals surface area contributed by atoms with Gasteiger partial charge in [0.2, 0.25) is 0 Å². The second-order valence-electron chi connectivity index (χ2n) is 6.40. The van der Waals surface area contributed by atoms with Crippen molar-refractivity contribution in [2.24, 2.45) is 0 Å². The second-order valence-corrected chi connectivity index (χ2v) is 6.40. The number of aromatic nitrogens is 2. The van der Waals surface area contributed by atoms with E-state index in [0.717, 1.165) is 12.1 Å². The molecule has 26 heavy (non-hydrogen) atoms. The van der Waals surface area contributed by atoms with Crippen LogP contribution in [0, 0.1) is 0 Å². The van der Waals surface area contributed by atoms with E-state index in [0.29, 0.717) is 24.6 Å². The molecule has 0 N–H and O–H groups in total. The third-order valence-electron chi connectivity index (χ3n) is 4.76. The van der Waals surface area contributed by atoms with E-state index >= 15 is 0 Å². The Hall–Kier alpha value is -3.21. The Morgan fingerprint density at radius 2 is 1.69 bits per heavy atom. The van der Waals surface area contributed by atoms with Crippen LogP contribution in [0.2, 0.25) is 0 Å². The Balaban J connectivity index is 1.50. The number of anilines is 2. The Morgan fingerprint density at radius 1 is 0.962 bits per heavy atom. The first-order valence-electron chi connectivity index (χ1n) is 8.69. The zero-order valence-electron chi connectivity index (χ0n) is 14.7. The highest BCUT2D eigenvalue weighted by Gasteiger charge is 2.22. The van der Waals surface area contributed by atoms with Gasteiger partial charge in [0.1, 0.15) is 5.69 Å². The summed E-state index contributed by atoms with van der Waals surface area (Å²) in [6.45, 7) is 1.34. The van der Waals surface area contributed by atoms with E-state index in [9.17, 15) is 4.79 Å². The molecule has 1 aromatic heterocycles. The SMILES string of the molecule is CN(c1ccccc1)c1cnc(C(=O)N2CCc3ccccc3C2)cn1. The van der Waals surface area contributed by atoms with Gasteiger partial charge in [0.05, 0.1) is 12.4 Å². The van der Waals surface area contributed by atoms with Crippen molar-refractivity contribution >= 4 is 17.4 Å². The van der Waals surface area contributed by atoms with Gasteiger partial charge >= 0.3 is 0 Å². The largest absolute Gasteiger partial charge is 0.333 e. The molecule has 5 nitrogen and oxygen atoms in total. The van der Waals surface area contributed by atoms with Crippen LogP contribution >= 0.6 is 0 Å². The maximum Gasteiger partial charge on any atom is 0.274 e. The Bertz CT molecular complexity index is 909. The summed E-state index contributed by atoms with van der Waals surface area (Å²) >= 11 is 0. The maximum atomic E-state index is 12.8. The smallest absolute Gasteiger partial charge is 0.274 e. The van der Waals surface area contributed by atoms with Crippen LogP contribution in [-0.4, -0.2) is 34.4 Å². The third kappa shape index (κ3) is 3.16. The van der Waals surface area contributed by atoms with Gasteiger partial charge < -0.3 is 9.80 Å². The number of para-hydroxylation sites is 1. The summed E-state index contributed by atoms with van der Waals surface area (Å²) in [6, 6.07) is 18.2. The first-order valence-corrected chi connectivity index (χ1v) is 8.69. The molecule has 130 valence electrons. The quantitative estimate of drug-likeness (QED) is 0.730. The fourth-order valence-electron chi connectivity index (χ4n) is 3.22. The average Bonchev–Trinajstić information content (AvgIpc) is 2.73. The van der Waals surface area contributed by atoms with Gasteiger partial charge in [0.15, 0.2) is 5.82 Å². The van der Waals surface area contributed by atoms with Gasteiger partial charge in [0, 0.05) is 25.8 Å². The number of fused-ring (bicyclic) bond motifs is 1. The van der Waals surface area contributed by atoms with Gasteiger partial charge in [0.25, 0.3) is 5.91 Å². The lowest BCUT2D eigenvalue weighted by Gasteiger charge is -2.28. The average molecular weight is 344 g/mol. The van der Waals surface area contributed by atoms with Crippen LogP contribution in [-0.2, 0) is 13.0 Å². The molecule has 2 heterocycles. The lowest BCUT2D eigenvalue weighted by atomic mass is 10.00. The highest BCUT2D eigenvalue weighted by atomic mass is 16.2. The molecule has 0 aliphatic carbocycles. The minimum absolute atomic E-state index is 0.0686. The van der Waals surface area contributed by atoms with E-state index in [1.54, 1.807) is 12.4 Å². The Morgan fingerprint density at radius 3 is 2.42 bits per heavy atom. The number of nitrogens with zero attached hydrogens (tertiary/aromatic N) is 4. The molecule has 0 fully saturated rings. The van der Waals surface area contributed by atoms with Crippen molar-refractivity contribution in [1.82, 2.24) is 14.9 Å². The minimum atomic E-state index is -0.0686. The number of hydrogen-bond donors (Lipinski definition) is 0. The topological polar surface area (TPSA) is 49.3 Å². The molecule has 3 aromatic rings. The van der Waals surface area contributed by atoms with E-state index in [1.165, 1.54) is 11.1 Å². The van der Waals surface area contributed by atoms with E-state index in [-0.39, 0.29) is 5.91 Å². The maximum absolute atomic E-state index is 12.8. The number of amides is 1. The van der Waals surface area contributed by atoms with Gasteiger partial charge in [-0.25, -0.2) is 9.97 Å². The number of benzene rings is 2. The van der Waals surface area contributed by atoms with Crippen LogP contribution in [0.5, 0.6) is 0 Å². The van der Waals surface area contributed by atoms with Crippen LogP contribution in [0.4, 0.5) is 11.5 Å². The summed E-state index contributed by atoms with van der Waals surface area (Å²) in [5.74, 6) is 0.637. The number of carbonyl (C=O) groups excluding carboxylic acids is 1. The van der Waals surface area contributed by atoms with Gasteiger partial charge in [-0.3, -0.25) is 4.79 Å². The predicted octanol–water partition coefficient (Wildman–Crippen LogP) is 3.44. The van der Waals surface area contributed by atoms with Crippen molar-refractivity contribution in [2.45, 2.75) is 13.0 Å². The van der Waals surface area contributed by atoms with Gasteiger partial charge in [-0.05, 0) is 29.7 Å². The van der Waals surface area contributed by atoms with Crippen LogP contribution < -0.4 is 4.90 Å². The Kier molecular flexibility index (Phi) is 4.35. The molecule has 1 amide bonds. The molecule has 5 heteroatoms. The van der Waals surface area contributed by atoms with Gasteiger partial charge in [-0.1, -0.05) is 42.5 Å². The molecule has 0 saturated carbocycles. The molecule has 1 aliphatic heterocycles. The van der Waals surface area contributed by atoms with Crippen molar-refractivity contribution in [3.63, 3.8) is 0 Å². The van der Waals surface area contributed by atoms with Crippen molar-refractivity contribution in [3.05, 3.63) is 83.8 Å². The predicted molar refractivity (Wildman–Crippen MR) is 101 cm³/mol. The number of carbonyl (C=O) groups is 1. The lowest BCUT2D eigenvalue weighted by Crippen LogP contribution is -2.36. The second kappa shape index (κ2) is 6.96. The van der Waals surface area contributed by atoms with Crippen LogP contribution in [0.25, 0.3) is 0 Å². The number of hydrogen-bond acceptors (Lipinski definition) is 4. The molecule has 0 spiro atoms. The monoisotopic (exact) mass is 344 g/mol. The summed E-state index contributed by atoms with van der Waals surface area (Å²) in [5.41, 5.74) is 3.94. The standard InChI is InChI=1S/C21H20N4O/c1-24(18-9-3-2-4-10-18)20-14-22-19(13-23-20)21(26)25-12-11-16-7-5-6-8-17(16)15-25/h2-10,13-14H,11-12,15H2,1H3. The molecule has 0 atom stereocenters. The molecule has 2 aromatic carbocycles. The molecule has 0 bridgehead atoms. The first kappa shape index (κ1) is 16.3. The zero-order chi connectivity index (χ0) is 17.9. The molecule has 0 radical (unpaired) electrons. The summed E-state index contributed by atoms with van der Waals surface area (Å²) in [5, 5.41) is 0. The fourth-order valence-corrected chi connectivity index (χ4v) is 3.22.